The number of nitrogens with two attached hydrogens (primary N) is 1. The molecule has 1 radical (unpaired) electrons. The lowest BCUT2D eigenvalue weighted by Crippen LogP contribution is -2.20. The van der Waals surface area contributed by atoms with Gasteiger partial charge < -0.3 is 11.1 Å². The molecule has 3 heteroatoms. The van der Waals surface area contributed by atoms with E-state index in [1.54, 1.807) is 0 Å². The Morgan fingerprint density at radius 1 is 1.20 bits per heavy atom. The Bertz CT molecular complexity index is 563. The van der Waals surface area contributed by atoms with Crippen LogP contribution in [0.1, 0.15) is 24.0 Å². The van der Waals surface area contributed by atoms with Crippen molar-refractivity contribution < 1.29 is 0 Å². The molecule has 1 unspecified atom stereocenters. The molecule has 0 spiro atoms. The normalized spacial score (nSPS) is 11.8. The first-order valence-electron chi connectivity index (χ1n) is 6.73. The van der Waals surface area contributed by atoms with Crippen molar-refractivity contribution in [2.45, 2.75) is 19.3 Å². The fourth-order valence-electron chi connectivity index (χ4n) is 2.12. The Labute approximate surface area is 120 Å². The molecule has 0 aliphatic carbocycles. The minimum absolute atomic E-state index is 0.0388. The molecule has 2 aromatic carbocycles. The van der Waals surface area contributed by atoms with Crippen molar-refractivity contribution in [1.82, 2.24) is 0 Å². The highest BCUT2D eigenvalue weighted by atomic mass is 15.0. The number of anilines is 1. The Hall–Kier alpha value is -2.29. The molecule has 1 atom stereocenters. The van der Waals surface area contributed by atoms with Gasteiger partial charge in [-0.2, -0.15) is 0 Å². The van der Waals surface area contributed by atoms with Gasteiger partial charge in [-0.3, -0.25) is 5.41 Å². The van der Waals surface area contributed by atoms with Crippen LogP contribution in [0.4, 0.5) is 5.69 Å². The van der Waals surface area contributed by atoms with Crippen LogP contribution in [-0.4, -0.2) is 5.96 Å². The zero-order valence-electron chi connectivity index (χ0n) is 11.6. The van der Waals surface area contributed by atoms with Crippen molar-refractivity contribution in [2.24, 2.45) is 5.73 Å². The first kappa shape index (κ1) is 14.1. The fourth-order valence-corrected chi connectivity index (χ4v) is 2.12. The third kappa shape index (κ3) is 4.12. The van der Waals surface area contributed by atoms with Crippen LogP contribution in [0, 0.1) is 11.8 Å². The highest BCUT2D eigenvalue weighted by molar-refractivity contribution is 5.89. The molecule has 0 amide bonds. The Kier molecular flexibility index (Phi) is 4.77. The van der Waals surface area contributed by atoms with E-state index in [-0.39, 0.29) is 5.96 Å². The molecule has 2 rings (SSSR count). The molecule has 0 bridgehead atoms. The molecule has 0 aromatic heterocycles. The monoisotopic (exact) mass is 266 g/mol. The average Bonchev–Trinajstić information content (AvgIpc) is 2.45. The Balaban J connectivity index is 1.98. The summed E-state index contributed by atoms with van der Waals surface area (Å²) >= 11 is 0. The first-order chi connectivity index (χ1) is 9.65. The Morgan fingerprint density at radius 2 is 1.95 bits per heavy atom. The zero-order chi connectivity index (χ0) is 14.4. The van der Waals surface area contributed by atoms with Crippen LogP contribution in [-0.2, 0) is 6.42 Å². The summed E-state index contributed by atoms with van der Waals surface area (Å²) in [5, 5.41) is 10.1. The van der Waals surface area contributed by atoms with Crippen LogP contribution < -0.4 is 11.1 Å². The smallest absolute Gasteiger partial charge is 0.190 e. The van der Waals surface area contributed by atoms with E-state index in [9.17, 15) is 0 Å². The molecule has 0 aliphatic rings. The van der Waals surface area contributed by atoms with Gasteiger partial charge >= 0.3 is 0 Å². The van der Waals surface area contributed by atoms with Gasteiger partial charge in [-0.25, -0.2) is 0 Å². The summed E-state index contributed by atoms with van der Waals surface area (Å²) in [6, 6.07) is 18.4. The van der Waals surface area contributed by atoms with E-state index in [4.69, 9.17) is 11.1 Å². The molecule has 2 aromatic rings. The van der Waals surface area contributed by atoms with Crippen molar-refractivity contribution in [1.29, 1.82) is 5.41 Å². The van der Waals surface area contributed by atoms with Crippen LogP contribution in [0.3, 0.4) is 0 Å². The topological polar surface area (TPSA) is 61.9 Å². The van der Waals surface area contributed by atoms with Crippen molar-refractivity contribution in [2.75, 3.05) is 5.32 Å². The van der Waals surface area contributed by atoms with E-state index in [0.717, 1.165) is 12.1 Å². The lowest BCUT2D eigenvalue weighted by atomic mass is 9.94. The quantitative estimate of drug-likeness (QED) is 0.572. The number of hydrogen-bond donors (Lipinski definition) is 3. The molecule has 103 valence electrons. The summed E-state index contributed by atoms with van der Waals surface area (Å²) in [4.78, 5) is 0. The molecule has 4 N–H and O–H groups in total. The van der Waals surface area contributed by atoms with Gasteiger partial charge in [-0.05, 0) is 42.0 Å². The molecule has 20 heavy (non-hydrogen) atoms. The van der Waals surface area contributed by atoms with Crippen molar-refractivity contribution in [3.63, 3.8) is 0 Å². The third-order valence-corrected chi connectivity index (χ3v) is 3.24. The maximum absolute atomic E-state index is 7.26. The average molecular weight is 266 g/mol. The fraction of sp³-hybridized carbons (Fsp3) is 0.176. The van der Waals surface area contributed by atoms with Gasteiger partial charge in [-0.15, -0.1) is 0 Å². The summed E-state index contributed by atoms with van der Waals surface area (Å²) < 4.78 is 0. The maximum atomic E-state index is 7.26. The van der Waals surface area contributed by atoms with Crippen molar-refractivity contribution >= 4 is 11.6 Å². The molecular weight excluding hydrogens is 246 g/mol. The van der Waals surface area contributed by atoms with Gasteiger partial charge in [-0.1, -0.05) is 49.4 Å². The minimum atomic E-state index is -0.0388. The third-order valence-electron chi connectivity index (χ3n) is 3.24. The van der Waals surface area contributed by atoms with Gasteiger partial charge in [0, 0.05) is 5.69 Å². The van der Waals surface area contributed by atoms with Crippen molar-refractivity contribution in [3.8, 4) is 0 Å². The van der Waals surface area contributed by atoms with Gasteiger partial charge in [0.05, 0.1) is 0 Å². The SMILES string of the molecule is CC([CH]Cc1ccccc1)c1cccc(NC(=N)N)c1. The molecular formula is C17H20N3. The van der Waals surface area contributed by atoms with Gasteiger partial charge in [0.15, 0.2) is 5.96 Å². The maximum Gasteiger partial charge on any atom is 0.190 e. The first-order valence-corrected chi connectivity index (χ1v) is 6.73. The highest BCUT2D eigenvalue weighted by Crippen LogP contribution is 2.23. The standard InChI is InChI=1S/C17H20N3/c1-13(10-11-14-6-3-2-4-7-14)15-8-5-9-16(12-15)20-17(18)19/h2-10,12-13H,11H2,1H3,(H4,18,19,20). The van der Waals surface area contributed by atoms with Crippen LogP contribution >= 0.6 is 0 Å². The second-order valence-electron chi connectivity index (χ2n) is 4.88. The van der Waals surface area contributed by atoms with Crippen LogP contribution in [0.2, 0.25) is 0 Å². The second-order valence-corrected chi connectivity index (χ2v) is 4.88. The molecule has 0 aliphatic heterocycles. The number of benzene rings is 2. The van der Waals surface area contributed by atoms with Crippen LogP contribution in [0.25, 0.3) is 0 Å². The van der Waals surface area contributed by atoms with E-state index in [2.05, 4.69) is 49.0 Å². The van der Waals surface area contributed by atoms with Crippen LogP contribution in [0.5, 0.6) is 0 Å². The van der Waals surface area contributed by atoms with E-state index in [0.29, 0.717) is 5.92 Å². The largest absolute Gasteiger partial charge is 0.370 e. The van der Waals surface area contributed by atoms with Gasteiger partial charge in [0.1, 0.15) is 0 Å². The number of guanidine groups is 1. The molecule has 3 nitrogen and oxygen atoms in total. The van der Waals surface area contributed by atoms with E-state index < -0.39 is 0 Å². The van der Waals surface area contributed by atoms with E-state index in [1.165, 1.54) is 11.1 Å². The predicted molar refractivity (Wildman–Crippen MR) is 84.8 cm³/mol. The molecule has 0 saturated heterocycles. The van der Waals surface area contributed by atoms with E-state index >= 15 is 0 Å². The summed E-state index contributed by atoms with van der Waals surface area (Å²) in [5.41, 5.74) is 8.74. The lowest BCUT2D eigenvalue weighted by Gasteiger charge is -2.13. The van der Waals surface area contributed by atoms with E-state index in [1.807, 2.05) is 24.3 Å². The second kappa shape index (κ2) is 6.75. The number of nitrogens with one attached hydrogen (secondary N) is 2. The minimum Gasteiger partial charge on any atom is -0.370 e. The number of hydrogen-bond acceptors (Lipinski definition) is 1. The van der Waals surface area contributed by atoms with Crippen LogP contribution in [0.15, 0.2) is 54.6 Å². The molecule has 0 saturated carbocycles. The van der Waals surface area contributed by atoms with Crippen molar-refractivity contribution in [3.05, 3.63) is 72.1 Å². The summed E-state index contributed by atoms with van der Waals surface area (Å²) in [7, 11) is 0. The predicted octanol–water partition coefficient (Wildman–Crippen LogP) is 3.54. The summed E-state index contributed by atoms with van der Waals surface area (Å²) in [6.07, 6.45) is 3.24. The van der Waals surface area contributed by atoms with Gasteiger partial charge in [0.25, 0.3) is 0 Å². The summed E-state index contributed by atoms with van der Waals surface area (Å²) in [6.45, 7) is 2.18. The molecule has 0 heterocycles. The highest BCUT2D eigenvalue weighted by Gasteiger charge is 2.07. The molecule has 0 fully saturated rings. The zero-order valence-corrected chi connectivity index (χ0v) is 11.6. The van der Waals surface area contributed by atoms with Gasteiger partial charge in [0.2, 0.25) is 0 Å². The Morgan fingerprint density at radius 3 is 2.65 bits per heavy atom. The lowest BCUT2D eigenvalue weighted by molar-refractivity contribution is 0.844. The summed E-state index contributed by atoms with van der Waals surface area (Å²) in [5.74, 6) is 0.312. The number of rotatable bonds is 5.